The zero-order chi connectivity index (χ0) is 33.9. The molecule has 9 N–H and O–H groups in total. The molecule has 0 aromatic rings. The summed E-state index contributed by atoms with van der Waals surface area (Å²) in [7, 11) is 0. The topological polar surface area (TPSA) is 154 Å². The molecule has 5 aliphatic carbocycles. The van der Waals surface area contributed by atoms with Crippen LogP contribution in [0.4, 0.5) is 0 Å². The van der Waals surface area contributed by atoms with Gasteiger partial charge in [0, 0.05) is 66.8 Å². The molecule has 13 nitrogen and oxygen atoms in total. The van der Waals surface area contributed by atoms with Gasteiger partial charge in [-0.3, -0.25) is 15.1 Å². The average molecular weight is 702 g/mol. The van der Waals surface area contributed by atoms with E-state index in [0.29, 0.717) is 68.1 Å². The Hall–Kier alpha value is -0.520. The number of aliphatic hydroxyl groups is 4. The molecule has 4 heterocycles. The van der Waals surface area contributed by atoms with E-state index in [-0.39, 0.29) is 24.0 Å². The van der Waals surface area contributed by atoms with Crippen molar-refractivity contribution < 1.29 is 20.4 Å². The van der Waals surface area contributed by atoms with Crippen LogP contribution in [0, 0.1) is 5.92 Å². The van der Waals surface area contributed by atoms with Gasteiger partial charge in [-0.05, 0) is 103 Å². The second-order valence-corrected chi connectivity index (χ2v) is 18.0. The molecule has 50 heavy (non-hydrogen) atoms. The van der Waals surface area contributed by atoms with E-state index in [1.54, 1.807) is 0 Å². The van der Waals surface area contributed by atoms with E-state index in [1.165, 1.54) is 51.4 Å². The number of hydrogen-bond donors (Lipinski definition) is 9. The number of nitrogens with one attached hydrogen (secondary N) is 5. The number of hydrazine groups is 4. The summed E-state index contributed by atoms with van der Waals surface area (Å²) in [4.78, 5) is 5.12. The second-order valence-electron chi connectivity index (χ2n) is 18.0. The van der Waals surface area contributed by atoms with Crippen molar-refractivity contribution in [2.24, 2.45) is 5.92 Å². The van der Waals surface area contributed by atoms with Gasteiger partial charge in [0.1, 0.15) is 0 Å². The molecule has 0 spiro atoms. The molecule has 10 unspecified atom stereocenters. The SMILES string of the molecule is OC1CC(N(C2CCC(N3NC4CCCCC4N3)CC2)C2CC(O)C(N3NC4CCCCC4N3)C(O)C2)CC(O)C1C1CN2CCCCC2N1. The van der Waals surface area contributed by atoms with Crippen LogP contribution in [0.2, 0.25) is 0 Å². The highest BCUT2D eigenvalue weighted by atomic mass is 16.3. The van der Waals surface area contributed by atoms with E-state index in [1.807, 2.05) is 5.12 Å². The van der Waals surface area contributed by atoms with Gasteiger partial charge in [-0.1, -0.05) is 25.7 Å². The Morgan fingerprint density at radius 1 is 0.480 bits per heavy atom. The smallest absolute Gasteiger partial charge is 0.0918 e. The Kier molecular flexibility index (Phi) is 10.5. The Balaban J connectivity index is 0.899. The number of hydrogen-bond acceptors (Lipinski definition) is 13. The molecule has 0 aromatic carbocycles. The molecule has 9 fully saturated rings. The maximum absolute atomic E-state index is 11.8. The lowest BCUT2D eigenvalue weighted by molar-refractivity contribution is -0.132. The molecule has 284 valence electrons. The van der Waals surface area contributed by atoms with Gasteiger partial charge in [-0.25, -0.2) is 21.7 Å². The van der Waals surface area contributed by atoms with E-state index in [9.17, 15) is 20.4 Å². The number of piperidine rings is 1. The lowest BCUT2D eigenvalue weighted by atomic mass is 9.74. The normalized spacial score (nSPS) is 51.1. The van der Waals surface area contributed by atoms with Gasteiger partial charge in [0.15, 0.2) is 0 Å². The van der Waals surface area contributed by atoms with Gasteiger partial charge < -0.3 is 20.4 Å². The van der Waals surface area contributed by atoms with Crippen LogP contribution in [0.3, 0.4) is 0 Å². The zero-order valence-electron chi connectivity index (χ0n) is 30.2. The highest BCUT2D eigenvalue weighted by Gasteiger charge is 2.52. The van der Waals surface area contributed by atoms with Crippen LogP contribution >= 0.6 is 0 Å². The molecule has 5 saturated carbocycles. The van der Waals surface area contributed by atoms with Crippen LogP contribution in [0.15, 0.2) is 0 Å². The summed E-state index contributed by atoms with van der Waals surface area (Å²) in [6.07, 6.45) is 17.9. The minimum Gasteiger partial charge on any atom is -0.393 e. The van der Waals surface area contributed by atoms with Crippen molar-refractivity contribution in [3.05, 3.63) is 0 Å². The third-order valence-electron chi connectivity index (χ3n) is 15.0. The molecule has 4 aliphatic heterocycles. The minimum absolute atomic E-state index is 0.00637. The summed E-state index contributed by atoms with van der Waals surface area (Å²) >= 11 is 0. The molecule has 0 radical (unpaired) electrons. The third kappa shape index (κ3) is 6.84. The van der Waals surface area contributed by atoms with Crippen molar-refractivity contribution in [2.75, 3.05) is 13.1 Å². The lowest BCUT2D eigenvalue weighted by Gasteiger charge is -2.53. The van der Waals surface area contributed by atoms with Crippen molar-refractivity contribution in [1.29, 1.82) is 0 Å². The molecule has 4 saturated heterocycles. The van der Waals surface area contributed by atoms with Gasteiger partial charge in [0.2, 0.25) is 0 Å². The summed E-state index contributed by atoms with van der Waals surface area (Å²) in [5.41, 5.74) is 14.8. The summed E-state index contributed by atoms with van der Waals surface area (Å²) in [5.74, 6) is -0.173. The standard InChI is InChI=1S/C37H67N9O4/c47-31-17-24(18-32(48)36(31)30-21-43-16-6-5-11-35(43)38-30)44(22-12-14-23(15-13-22)45-39-26-7-1-2-8-27(26)40-45)25-19-33(49)37(34(50)20-25)46-41-28-9-3-4-10-29(28)42-46/h22-42,47-50H,1-21H2. The Labute approximate surface area is 299 Å². The second kappa shape index (κ2) is 15.0. The molecule has 13 heteroatoms. The monoisotopic (exact) mass is 702 g/mol. The highest BCUT2D eigenvalue weighted by molar-refractivity contribution is 5.06. The Morgan fingerprint density at radius 3 is 1.52 bits per heavy atom. The highest BCUT2D eigenvalue weighted by Crippen LogP contribution is 2.41. The fraction of sp³-hybridized carbons (Fsp3) is 1.00. The zero-order valence-corrected chi connectivity index (χ0v) is 30.2. The third-order valence-corrected chi connectivity index (χ3v) is 15.0. The molecule has 9 rings (SSSR count). The fourth-order valence-electron chi connectivity index (χ4n) is 12.5. The largest absolute Gasteiger partial charge is 0.393 e. The van der Waals surface area contributed by atoms with E-state index in [0.717, 1.165) is 58.0 Å². The Bertz CT molecular complexity index is 1020. The summed E-state index contributed by atoms with van der Waals surface area (Å²) < 4.78 is 0. The van der Waals surface area contributed by atoms with Crippen molar-refractivity contribution >= 4 is 0 Å². The first-order valence-corrected chi connectivity index (χ1v) is 21.0. The first-order valence-electron chi connectivity index (χ1n) is 21.0. The predicted molar refractivity (Wildman–Crippen MR) is 190 cm³/mol. The lowest BCUT2D eigenvalue weighted by Crippen LogP contribution is -2.66. The van der Waals surface area contributed by atoms with Gasteiger partial charge in [-0.2, -0.15) is 10.2 Å². The van der Waals surface area contributed by atoms with Crippen molar-refractivity contribution in [1.82, 2.24) is 47.1 Å². The van der Waals surface area contributed by atoms with Gasteiger partial charge in [0.25, 0.3) is 0 Å². The number of rotatable bonds is 6. The van der Waals surface area contributed by atoms with Gasteiger partial charge >= 0.3 is 0 Å². The molecule has 10 atom stereocenters. The average Bonchev–Trinajstić information content (AvgIpc) is 3.85. The van der Waals surface area contributed by atoms with E-state index in [2.05, 4.69) is 41.9 Å². The number of nitrogens with zero attached hydrogens (tertiary/aromatic N) is 4. The number of aliphatic hydroxyl groups excluding tert-OH is 4. The van der Waals surface area contributed by atoms with Gasteiger partial charge in [0.05, 0.1) is 36.6 Å². The van der Waals surface area contributed by atoms with Crippen LogP contribution in [-0.2, 0) is 0 Å². The van der Waals surface area contributed by atoms with Crippen LogP contribution in [-0.4, -0.2) is 145 Å². The number of fused-ring (bicyclic) bond motifs is 3. The molecule has 9 aliphatic rings. The van der Waals surface area contributed by atoms with Crippen LogP contribution < -0.4 is 27.0 Å². The van der Waals surface area contributed by atoms with E-state index < -0.39 is 30.5 Å². The predicted octanol–water partition coefficient (Wildman–Crippen LogP) is 0.409. The Morgan fingerprint density at radius 2 is 0.980 bits per heavy atom. The minimum atomic E-state index is -0.685. The van der Waals surface area contributed by atoms with Gasteiger partial charge in [-0.15, -0.1) is 0 Å². The molecular weight excluding hydrogens is 634 g/mol. The summed E-state index contributed by atoms with van der Waals surface area (Å²) in [6, 6.07) is 2.29. The first-order chi connectivity index (χ1) is 24.4. The van der Waals surface area contributed by atoms with Crippen molar-refractivity contribution in [2.45, 2.75) is 213 Å². The van der Waals surface area contributed by atoms with E-state index >= 15 is 0 Å². The van der Waals surface area contributed by atoms with Crippen molar-refractivity contribution in [3.63, 3.8) is 0 Å². The fourth-order valence-corrected chi connectivity index (χ4v) is 12.5. The molecular formula is C37H67N9O4. The van der Waals surface area contributed by atoms with Crippen LogP contribution in [0.25, 0.3) is 0 Å². The molecule has 0 aromatic heterocycles. The maximum Gasteiger partial charge on any atom is 0.0918 e. The van der Waals surface area contributed by atoms with Crippen LogP contribution in [0.5, 0.6) is 0 Å². The first kappa shape index (κ1) is 35.2. The van der Waals surface area contributed by atoms with Crippen LogP contribution in [0.1, 0.15) is 122 Å². The quantitative estimate of drug-likeness (QED) is 0.188. The summed E-state index contributed by atoms with van der Waals surface area (Å²) in [6.45, 7) is 2.01. The van der Waals surface area contributed by atoms with Crippen molar-refractivity contribution in [3.8, 4) is 0 Å². The maximum atomic E-state index is 11.8. The molecule has 0 amide bonds. The molecule has 0 bridgehead atoms. The summed E-state index contributed by atoms with van der Waals surface area (Å²) in [5, 5.41) is 55.3. The van der Waals surface area contributed by atoms with E-state index in [4.69, 9.17) is 0 Å².